The molecule has 6 unspecified atom stereocenters. The molecule has 412 valence electrons. The van der Waals surface area contributed by atoms with Crippen LogP contribution in [0.3, 0.4) is 0 Å². The number of hydrogen-bond donors (Lipinski definition) is 3. The number of aliphatic hydroxyl groups excluding tert-OH is 2. The highest BCUT2D eigenvalue weighted by atomic mass is 16.7. The Kier molecular flexibility index (Phi) is 44.0. The van der Waals surface area contributed by atoms with Crippen LogP contribution >= 0.6 is 0 Å². The van der Waals surface area contributed by atoms with Crippen LogP contribution in [-0.2, 0) is 42.9 Å². The van der Waals surface area contributed by atoms with Crippen LogP contribution in [0, 0.1) is 0 Å². The maximum absolute atomic E-state index is 13.0. The van der Waals surface area contributed by atoms with Crippen molar-refractivity contribution in [1.82, 2.24) is 0 Å². The lowest BCUT2D eigenvalue weighted by atomic mass is 9.98. The van der Waals surface area contributed by atoms with E-state index in [-0.39, 0.29) is 25.9 Å². The van der Waals surface area contributed by atoms with Gasteiger partial charge in [-0.15, -0.1) is 0 Å². The summed E-state index contributed by atoms with van der Waals surface area (Å²) in [6.07, 6.45) is 52.5. The predicted octanol–water partition coefficient (Wildman–Crippen LogP) is 13.9. The van der Waals surface area contributed by atoms with E-state index in [1.54, 1.807) is 12.2 Å². The zero-order valence-corrected chi connectivity index (χ0v) is 45.1. The van der Waals surface area contributed by atoms with Crippen molar-refractivity contribution in [3.8, 4) is 0 Å². The molecule has 1 aliphatic rings. The summed E-state index contributed by atoms with van der Waals surface area (Å²) in [7, 11) is 0. The standard InChI is InChI=1S/C61H96O12/c1-4-7-10-13-16-19-21-23-25-26-27-28-30-31-33-36-38-41-44-47-53(62)69-50-52(71-54(63)48-45-42-39-35-18-15-12-9-6-3)51-70-61-59(57(66)56(65)58(73-61)60(67)68)72-55(64)49-46-43-40-37-34-32-29-24-22-20-17-14-11-8-5-2/h7-8,10-11,16-17,19-20,23-25,27-29,34,37,43,46,52,56-59,61,65-66H,4-6,9,12-15,18,21-22,26,30-33,35-36,38-42,44-45,47-51H2,1-3H3,(H,67,68)/b10-7-,11-8-,19-16-,20-17-,25-23-,28-27-,29-24-,37-34-,46-43-. The van der Waals surface area contributed by atoms with E-state index in [0.717, 1.165) is 109 Å². The first-order chi connectivity index (χ1) is 35.6. The average Bonchev–Trinajstić information content (AvgIpc) is 3.37. The molecule has 1 heterocycles. The van der Waals surface area contributed by atoms with Gasteiger partial charge in [0.05, 0.1) is 13.0 Å². The number of hydrogen-bond acceptors (Lipinski definition) is 11. The number of carboxylic acids is 1. The topological polar surface area (TPSA) is 175 Å². The van der Waals surface area contributed by atoms with Crippen molar-refractivity contribution in [2.45, 2.75) is 237 Å². The third kappa shape index (κ3) is 38.6. The lowest BCUT2D eigenvalue weighted by Crippen LogP contribution is -2.61. The molecule has 0 aromatic carbocycles. The number of carbonyl (C=O) groups is 4. The van der Waals surface area contributed by atoms with Crippen molar-refractivity contribution in [3.05, 3.63) is 109 Å². The molecule has 0 amide bonds. The molecular formula is C61H96O12. The summed E-state index contributed by atoms with van der Waals surface area (Å²) >= 11 is 0. The molecule has 0 saturated carbocycles. The molecule has 6 atom stereocenters. The van der Waals surface area contributed by atoms with Crippen LogP contribution in [0.15, 0.2) is 109 Å². The fourth-order valence-corrected chi connectivity index (χ4v) is 7.67. The molecule has 3 N–H and O–H groups in total. The van der Waals surface area contributed by atoms with E-state index in [2.05, 4.69) is 106 Å². The van der Waals surface area contributed by atoms with Crippen molar-refractivity contribution in [1.29, 1.82) is 0 Å². The molecule has 12 heteroatoms. The van der Waals surface area contributed by atoms with Gasteiger partial charge in [0.2, 0.25) is 0 Å². The fraction of sp³-hybridized carbons (Fsp3) is 0.639. The molecule has 1 rings (SSSR count). The van der Waals surface area contributed by atoms with Crippen LogP contribution in [0.5, 0.6) is 0 Å². The fourth-order valence-electron chi connectivity index (χ4n) is 7.67. The number of aliphatic hydroxyl groups is 2. The summed E-state index contributed by atoms with van der Waals surface area (Å²) in [5.41, 5.74) is 0. The molecule has 0 bridgehead atoms. The molecule has 0 radical (unpaired) electrons. The lowest BCUT2D eigenvalue weighted by Gasteiger charge is -2.40. The second kappa shape index (κ2) is 48.3. The second-order valence-corrected chi connectivity index (χ2v) is 18.5. The zero-order valence-electron chi connectivity index (χ0n) is 45.1. The normalized spacial score (nSPS) is 19.2. The number of aliphatic carboxylic acids is 1. The highest BCUT2D eigenvalue weighted by Gasteiger charge is 2.50. The summed E-state index contributed by atoms with van der Waals surface area (Å²) < 4.78 is 28.2. The van der Waals surface area contributed by atoms with Gasteiger partial charge in [-0.2, -0.15) is 0 Å². The van der Waals surface area contributed by atoms with Crippen LogP contribution in [0.4, 0.5) is 0 Å². The minimum Gasteiger partial charge on any atom is -0.479 e. The summed E-state index contributed by atoms with van der Waals surface area (Å²) in [5, 5.41) is 31.3. The average molecular weight is 1020 g/mol. The van der Waals surface area contributed by atoms with Gasteiger partial charge in [-0.05, 0) is 83.5 Å². The Morgan fingerprint density at radius 2 is 0.904 bits per heavy atom. The Labute approximate surface area is 440 Å². The van der Waals surface area contributed by atoms with Crippen molar-refractivity contribution < 1.29 is 58.2 Å². The van der Waals surface area contributed by atoms with E-state index < -0.39 is 67.3 Å². The zero-order chi connectivity index (χ0) is 53.3. The quantitative estimate of drug-likeness (QED) is 0.0228. The third-order valence-corrected chi connectivity index (χ3v) is 11.9. The Hall–Kier alpha value is -4.62. The summed E-state index contributed by atoms with van der Waals surface area (Å²) in [6, 6.07) is 0. The number of ether oxygens (including phenoxy) is 5. The molecule has 73 heavy (non-hydrogen) atoms. The minimum atomic E-state index is -1.94. The summed E-state index contributed by atoms with van der Waals surface area (Å²) in [5.74, 6) is -3.32. The van der Waals surface area contributed by atoms with Gasteiger partial charge >= 0.3 is 23.9 Å². The first kappa shape index (κ1) is 66.4. The van der Waals surface area contributed by atoms with Gasteiger partial charge in [0.15, 0.2) is 24.6 Å². The molecular weight excluding hydrogens is 925 g/mol. The number of esters is 3. The Balaban J connectivity index is 2.72. The van der Waals surface area contributed by atoms with E-state index in [0.29, 0.717) is 19.3 Å². The molecule has 1 fully saturated rings. The van der Waals surface area contributed by atoms with Crippen molar-refractivity contribution in [2.75, 3.05) is 13.2 Å². The molecule has 0 aliphatic carbocycles. The highest BCUT2D eigenvalue weighted by Crippen LogP contribution is 2.26. The maximum Gasteiger partial charge on any atom is 0.335 e. The Morgan fingerprint density at radius 3 is 1.38 bits per heavy atom. The molecule has 0 spiro atoms. The van der Waals surface area contributed by atoms with Gasteiger partial charge in [-0.1, -0.05) is 207 Å². The maximum atomic E-state index is 13.0. The molecule has 12 nitrogen and oxygen atoms in total. The highest BCUT2D eigenvalue weighted by molar-refractivity contribution is 5.74. The van der Waals surface area contributed by atoms with Crippen LogP contribution in [0.25, 0.3) is 0 Å². The summed E-state index contributed by atoms with van der Waals surface area (Å²) in [4.78, 5) is 50.9. The van der Waals surface area contributed by atoms with Crippen molar-refractivity contribution >= 4 is 23.9 Å². The first-order valence-electron chi connectivity index (χ1n) is 27.9. The van der Waals surface area contributed by atoms with Gasteiger partial charge in [-0.25, -0.2) is 4.79 Å². The van der Waals surface area contributed by atoms with Gasteiger partial charge in [0.25, 0.3) is 0 Å². The van der Waals surface area contributed by atoms with E-state index in [9.17, 15) is 34.5 Å². The van der Waals surface area contributed by atoms with Crippen LogP contribution < -0.4 is 0 Å². The molecule has 1 aliphatic heterocycles. The van der Waals surface area contributed by atoms with Gasteiger partial charge in [-0.3, -0.25) is 14.4 Å². The number of carboxylic acid groups (broad SMARTS) is 1. The third-order valence-electron chi connectivity index (χ3n) is 11.9. The predicted molar refractivity (Wildman–Crippen MR) is 294 cm³/mol. The number of unbranched alkanes of at least 4 members (excludes halogenated alkanes) is 14. The van der Waals surface area contributed by atoms with E-state index >= 15 is 0 Å². The van der Waals surface area contributed by atoms with Gasteiger partial charge < -0.3 is 39.0 Å². The van der Waals surface area contributed by atoms with Crippen molar-refractivity contribution in [2.24, 2.45) is 0 Å². The largest absolute Gasteiger partial charge is 0.479 e. The van der Waals surface area contributed by atoms with Crippen molar-refractivity contribution in [3.63, 3.8) is 0 Å². The second-order valence-electron chi connectivity index (χ2n) is 18.5. The monoisotopic (exact) mass is 1020 g/mol. The number of allylic oxidation sites excluding steroid dienone is 17. The van der Waals surface area contributed by atoms with Gasteiger partial charge in [0, 0.05) is 12.8 Å². The van der Waals surface area contributed by atoms with E-state index in [1.165, 1.54) is 32.1 Å². The smallest absolute Gasteiger partial charge is 0.335 e. The van der Waals surface area contributed by atoms with Crippen LogP contribution in [0.1, 0.15) is 201 Å². The Bertz CT molecular complexity index is 1690. The van der Waals surface area contributed by atoms with Crippen LogP contribution in [-0.4, -0.2) is 89.2 Å². The van der Waals surface area contributed by atoms with Crippen LogP contribution in [0.2, 0.25) is 0 Å². The lowest BCUT2D eigenvalue weighted by molar-refractivity contribution is -0.301. The van der Waals surface area contributed by atoms with E-state index in [1.807, 2.05) is 12.2 Å². The number of carbonyl (C=O) groups excluding carboxylic acids is 3. The minimum absolute atomic E-state index is 0.145. The van der Waals surface area contributed by atoms with E-state index in [4.69, 9.17) is 23.7 Å². The SMILES string of the molecule is CC/C=C\C/C=C\C/C=C\C/C=C\C/C=C\CC(=O)OC1C(OCC(COC(=O)CCCCCCCC/C=C\C/C=C\C/C=C\C/C=C\CC)OC(=O)CCCCCCCCCCC)OC(C(=O)O)C(O)C1O. The first-order valence-corrected chi connectivity index (χ1v) is 27.9. The molecule has 0 aromatic heterocycles. The van der Waals surface area contributed by atoms with Gasteiger partial charge in [0.1, 0.15) is 18.8 Å². The molecule has 1 saturated heterocycles. The summed E-state index contributed by atoms with van der Waals surface area (Å²) in [6.45, 7) is 5.66. The molecule has 0 aromatic rings. The number of rotatable bonds is 45. The Morgan fingerprint density at radius 1 is 0.479 bits per heavy atom.